The van der Waals surface area contributed by atoms with Gasteiger partial charge in [-0.3, -0.25) is 4.98 Å². The SMILES string of the molecule is Cc1ccc(NCc2cc(C(=O)O)ccn2)cc1C. The van der Waals surface area contributed by atoms with Gasteiger partial charge < -0.3 is 10.4 Å². The molecule has 4 nitrogen and oxygen atoms in total. The Balaban J connectivity index is 2.07. The molecule has 19 heavy (non-hydrogen) atoms. The van der Waals surface area contributed by atoms with Crippen molar-refractivity contribution in [2.45, 2.75) is 20.4 Å². The third-order valence-electron chi connectivity index (χ3n) is 3.04. The lowest BCUT2D eigenvalue weighted by Crippen LogP contribution is -2.04. The maximum absolute atomic E-state index is 10.9. The molecule has 0 atom stereocenters. The second kappa shape index (κ2) is 5.52. The monoisotopic (exact) mass is 256 g/mol. The number of hydrogen-bond acceptors (Lipinski definition) is 3. The largest absolute Gasteiger partial charge is 0.478 e. The van der Waals surface area contributed by atoms with E-state index in [1.807, 2.05) is 6.07 Å². The Morgan fingerprint density at radius 1 is 1.21 bits per heavy atom. The average molecular weight is 256 g/mol. The van der Waals surface area contributed by atoms with E-state index < -0.39 is 5.97 Å². The molecule has 1 aromatic carbocycles. The number of anilines is 1. The van der Waals surface area contributed by atoms with E-state index in [9.17, 15) is 4.79 Å². The summed E-state index contributed by atoms with van der Waals surface area (Å²) in [4.78, 5) is 15.0. The molecule has 2 rings (SSSR count). The molecule has 0 radical (unpaired) electrons. The van der Waals surface area contributed by atoms with Crippen LogP contribution in [0.4, 0.5) is 5.69 Å². The third-order valence-corrected chi connectivity index (χ3v) is 3.04. The predicted octanol–water partition coefficient (Wildman–Crippen LogP) is 3.01. The predicted molar refractivity (Wildman–Crippen MR) is 74.4 cm³/mol. The van der Waals surface area contributed by atoms with Crippen LogP contribution in [-0.2, 0) is 6.54 Å². The Hall–Kier alpha value is -2.36. The fraction of sp³-hybridized carbons (Fsp3) is 0.200. The van der Waals surface area contributed by atoms with Crippen LogP contribution in [0.1, 0.15) is 27.2 Å². The molecule has 0 spiro atoms. The van der Waals surface area contributed by atoms with Crippen LogP contribution in [0.3, 0.4) is 0 Å². The zero-order chi connectivity index (χ0) is 13.8. The molecule has 2 aromatic rings. The van der Waals surface area contributed by atoms with Crippen molar-refractivity contribution in [2.24, 2.45) is 0 Å². The number of aromatic carboxylic acids is 1. The van der Waals surface area contributed by atoms with Gasteiger partial charge in [-0.25, -0.2) is 4.79 Å². The van der Waals surface area contributed by atoms with E-state index in [-0.39, 0.29) is 5.56 Å². The van der Waals surface area contributed by atoms with E-state index >= 15 is 0 Å². The fourth-order valence-electron chi connectivity index (χ4n) is 1.75. The molecule has 1 heterocycles. The van der Waals surface area contributed by atoms with Gasteiger partial charge in [0.2, 0.25) is 0 Å². The number of carboxylic acids is 1. The molecule has 0 saturated heterocycles. The molecular weight excluding hydrogens is 240 g/mol. The summed E-state index contributed by atoms with van der Waals surface area (Å²) in [6, 6.07) is 9.19. The van der Waals surface area contributed by atoms with E-state index in [1.54, 1.807) is 6.07 Å². The Morgan fingerprint density at radius 2 is 2.00 bits per heavy atom. The summed E-state index contributed by atoms with van der Waals surface area (Å²) >= 11 is 0. The summed E-state index contributed by atoms with van der Waals surface area (Å²) in [5, 5.41) is 12.2. The molecule has 4 heteroatoms. The highest BCUT2D eigenvalue weighted by atomic mass is 16.4. The smallest absolute Gasteiger partial charge is 0.335 e. The number of aromatic nitrogens is 1. The van der Waals surface area contributed by atoms with Crippen molar-refractivity contribution >= 4 is 11.7 Å². The number of pyridine rings is 1. The number of nitrogens with zero attached hydrogens (tertiary/aromatic N) is 1. The Labute approximate surface area is 112 Å². The number of carboxylic acid groups (broad SMARTS) is 1. The first-order chi connectivity index (χ1) is 9.06. The zero-order valence-electron chi connectivity index (χ0n) is 11.0. The van der Waals surface area contributed by atoms with Crippen molar-refractivity contribution in [3.8, 4) is 0 Å². The molecule has 0 aliphatic heterocycles. The fourth-order valence-corrected chi connectivity index (χ4v) is 1.75. The highest BCUT2D eigenvalue weighted by molar-refractivity contribution is 5.87. The molecule has 2 N–H and O–H groups in total. The summed E-state index contributed by atoms with van der Waals surface area (Å²) in [7, 11) is 0. The summed E-state index contributed by atoms with van der Waals surface area (Å²) in [5.74, 6) is -0.935. The van der Waals surface area contributed by atoms with E-state index in [0.717, 1.165) is 5.69 Å². The lowest BCUT2D eigenvalue weighted by Gasteiger charge is -2.08. The van der Waals surface area contributed by atoms with Crippen molar-refractivity contribution < 1.29 is 9.90 Å². The van der Waals surface area contributed by atoms with Gasteiger partial charge in [-0.2, -0.15) is 0 Å². The molecule has 0 amide bonds. The van der Waals surface area contributed by atoms with Gasteiger partial charge >= 0.3 is 5.97 Å². The summed E-state index contributed by atoms with van der Waals surface area (Å²) in [6.45, 7) is 4.63. The Bertz CT molecular complexity index is 609. The zero-order valence-corrected chi connectivity index (χ0v) is 11.0. The van der Waals surface area contributed by atoms with Crippen LogP contribution in [0.25, 0.3) is 0 Å². The molecule has 0 fully saturated rings. The first-order valence-electron chi connectivity index (χ1n) is 6.05. The van der Waals surface area contributed by atoms with Crippen LogP contribution < -0.4 is 5.32 Å². The lowest BCUT2D eigenvalue weighted by molar-refractivity contribution is 0.0696. The van der Waals surface area contributed by atoms with Gasteiger partial charge in [-0.15, -0.1) is 0 Å². The minimum absolute atomic E-state index is 0.256. The Morgan fingerprint density at radius 3 is 2.68 bits per heavy atom. The van der Waals surface area contributed by atoms with Gasteiger partial charge in [0.25, 0.3) is 0 Å². The molecule has 98 valence electrons. The van der Waals surface area contributed by atoms with Crippen molar-refractivity contribution in [1.82, 2.24) is 4.98 Å². The second-order valence-electron chi connectivity index (χ2n) is 4.49. The van der Waals surface area contributed by atoms with E-state index in [4.69, 9.17) is 5.11 Å². The standard InChI is InChI=1S/C15H16N2O2/c1-10-3-4-13(7-11(10)2)17-9-14-8-12(15(18)19)5-6-16-14/h3-8,17H,9H2,1-2H3,(H,18,19). The van der Waals surface area contributed by atoms with Crippen LogP contribution in [0.2, 0.25) is 0 Å². The molecule has 0 aliphatic carbocycles. The first kappa shape index (κ1) is 13.1. The molecule has 0 aliphatic rings. The van der Waals surface area contributed by atoms with Gasteiger partial charge in [0, 0.05) is 11.9 Å². The van der Waals surface area contributed by atoms with Gasteiger partial charge in [0.15, 0.2) is 0 Å². The minimum Gasteiger partial charge on any atom is -0.478 e. The van der Waals surface area contributed by atoms with Crippen molar-refractivity contribution in [2.75, 3.05) is 5.32 Å². The Kier molecular flexibility index (Phi) is 3.80. The third kappa shape index (κ3) is 3.31. The van der Waals surface area contributed by atoms with Crippen molar-refractivity contribution in [3.05, 3.63) is 58.9 Å². The highest BCUT2D eigenvalue weighted by Crippen LogP contribution is 2.15. The van der Waals surface area contributed by atoms with Crippen molar-refractivity contribution in [1.29, 1.82) is 0 Å². The molecule has 1 aromatic heterocycles. The lowest BCUT2D eigenvalue weighted by atomic mass is 10.1. The summed E-state index contributed by atoms with van der Waals surface area (Å²) < 4.78 is 0. The number of aryl methyl sites for hydroxylation is 2. The van der Waals surface area contributed by atoms with Crippen molar-refractivity contribution in [3.63, 3.8) is 0 Å². The molecule has 0 bridgehead atoms. The highest BCUT2D eigenvalue weighted by Gasteiger charge is 2.04. The van der Waals surface area contributed by atoms with E-state index in [2.05, 4.69) is 36.3 Å². The maximum Gasteiger partial charge on any atom is 0.335 e. The topological polar surface area (TPSA) is 62.2 Å². The van der Waals surface area contributed by atoms with Gasteiger partial charge in [0.05, 0.1) is 17.8 Å². The first-order valence-corrected chi connectivity index (χ1v) is 6.05. The number of hydrogen-bond donors (Lipinski definition) is 2. The summed E-state index contributed by atoms with van der Waals surface area (Å²) in [5.41, 5.74) is 4.43. The molecule has 0 unspecified atom stereocenters. The summed E-state index contributed by atoms with van der Waals surface area (Å²) in [6.07, 6.45) is 1.51. The van der Waals surface area contributed by atoms with Crippen LogP contribution in [0.15, 0.2) is 36.5 Å². The quantitative estimate of drug-likeness (QED) is 0.882. The average Bonchev–Trinajstić information content (AvgIpc) is 2.40. The van der Waals surface area contributed by atoms with Gasteiger partial charge in [-0.05, 0) is 49.2 Å². The normalized spacial score (nSPS) is 10.2. The minimum atomic E-state index is -0.935. The van der Waals surface area contributed by atoms with E-state index in [1.165, 1.54) is 23.4 Å². The van der Waals surface area contributed by atoms with Crippen LogP contribution in [0, 0.1) is 13.8 Å². The number of nitrogens with one attached hydrogen (secondary N) is 1. The van der Waals surface area contributed by atoms with Crippen LogP contribution in [0.5, 0.6) is 0 Å². The maximum atomic E-state index is 10.9. The van der Waals surface area contributed by atoms with E-state index in [0.29, 0.717) is 12.2 Å². The number of benzene rings is 1. The number of rotatable bonds is 4. The van der Waals surface area contributed by atoms with Gasteiger partial charge in [0.1, 0.15) is 0 Å². The van der Waals surface area contributed by atoms with Crippen LogP contribution in [-0.4, -0.2) is 16.1 Å². The van der Waals surface area contributed by atoms with Gasteiger partial charge in [-0.1, -0.05) is 6.07 Å². The molecule has 0 saturated carbocycles. The van der Waals surface area contributed by atoms with Crippen LogP contribution >= 0.6 is 0 Å². The molecular formula is C15H16N2O2. The second-order valence-corrected chi connectivity index (χ2v) is 4.49. The number of carbonyl (C=O) groups is 1.